The van der Waals surface area contributed by atoms with Crippen LogP contribution in [-0.2, 0) is 11.2 Å². The van der Waals surface area contributed by atoms with E-state index in [2.05, 4.69) is 37.2 Å². The molecule has 1 saturated heterocycles. The Hall–Kier alpha value is -1.83. The first-order valence-electron chi connectivity index (χ1n) is 8.32. The van der Waals surface area contributed by atoms with Crippen LogP contribution in [0, 0.1) is 0 Å². The first-order chi connectivity index (χ1) is 11.8. The van der Waals surface area contributed by atoms with E-state index in [0.29, 0.717) is 11.6 Å². The third-order valence-electron chi connectivity index (χ3n) is 4.26. The van der Waals surface area contributed by atoms with Gasteiger partial charge in [-0.2, -0.15) is 0 Å². The van der Waals surface area contributed by atoms with Gasteiger partial charge in [-0.3, -0.25) is 9.78 Å². The first-order valence-corrected chi connectivity index (χ1v) is 9.20. The van der Waals surface area contributed by atoms with Crippen molar-refractivity contribution < 1.29 is 4.79 Å². The van der Waals surface area contributed by atoms with Gasteiger partial charge in [0.15, 0.2) is 5.13 Å². The SMILES string of the molecule is O=C(CCN1CCN(CCc2ccncc2)CC1)Nc1nccs1. The molecular weight excluding hydrogens is 322 g/mol. The van der Waals surface area contributed by atoms with Gasteiger partial charge in [0.05, 0.1) is 0 Å². The second kappa shape index (κ2) is 8.86. The molecule has 0 unspecified atom stereocenters. The smallest absolute Gasteiger partial charge is 0.227 e. The van der Waals surface area contributed by atoms with E-state index in [1.54, 1.807) is 6.20 Å². The van der Waals surface area contributed by atoms with Crippen molar-refractivity contribution >= 4 is 22.4 Å². The molecule has 6 nitrogen and oxygen atoms in total. The highest BCUT2D eigenvalue weighted by Gasteiger charge is 2.17. The average molecular weight is 345 g/mol. The van der Waals surface area contributed by atoms with E-state index >= 15 is 0 Å². The molecular formula is C17H23N5OS. The summed E-state index contributed by atoms with van der Waals surface area (Å²) in [6, 6.07) is 4.16. The summed E-state index contributed by atoms with van der Waals surface area (Å²) in [5, 5.41) is 5.38. The van der Waals surface area contributed by atoms with Crippen LogP contribution in [0.5, 0.6) is 0 Å². The van der Waals surface area contributed by atoms with Crippen LogP contribution >= 0.6 is 11.3 Å². The maximum atomic E-state index is 11.9. The molecule has 0 aliphatic carbocycles. The summed E-state index contributed by atoms with van der Waals surface area (Å²) < 4.78 is 0. The molecule has 3 rings (SSSR count). The largest absolute Gasteiger partial charge is 0.302 e. The Kier molecular flexibility index (Phi) is 6.28. The molecule has 0 aromatic carbocycles. The Labute approximate surface area is 146 Å². The Morgan fingerprint density at radius 1 is 1.08 bits per heavy atom. The molecule has 1 amide bonds. The summed E-state index contributed by atoms with van der Waals surface area (Å²) in [7, 11) is 0. The zero-order chi connectivity index (χ0) is 16.6. The number of hydrogen-bond acceptors (Lipinski definition) is 6. The number of pyridine rings is 1. The van der Waals surface area contributed by atoms with E-state index in [1.807, 2.05) is 17.8 Å². The monoisotopic (exact) mass is 345 g/mol. The quantitative estimate of drug-likeness (QED) is 0.828. The van der Waals surface area contributed by atoms with Crippen molar-refractivity contribution in [1.82, 2.24) is 19.8 Å². The predicted molar refractivity (Wildman–Crippen MR) is 96.2 cm³/mol. The van der Waals surface area contributed by atoms with Gasteiger partial charge < -0.3 is 15.1 Å². The number of anilines is 1. The number of aromatic nitrogens is 2. The van der Waals surface area contributed by atoms with Crippen molar-refractivity contribution in [2.75, 3.05) is 44.6 Å². The molecule has 0 radical (unpaired) electrons. The normalized spacial score (nSPS) is 16.2. The molecule has 0 bridgehead atoms. The van der Waals surface area contributed by atoms with Crippen LogP contribution in [0.2, 0.25) is 0 Å². The van der Waals surface area contributed by atoms with Crippen LogP contribution in [0.3, 0.4) is 0 Å². The number of amides is 1. The molecule has 1 N–H and O–H groups in total. The second-order valence-electron chi connectivity index (χ2n) is 5.92. The van der Waals surface area contributed by atoms with Crippen LogP contribution < -0.4 is 5.32 Å². The van der Waals surface area contributed by atoms with Gasteiger partial charge in [0, 0.05) is 69.7 Å². The highest BCUT2D eigenvalue weighted by molar-refractivity contribution is 7.13. The van der Waals surface area contributed by atoms with Gasteiger partial charge in [0.25, 0.3) is 0 Å². The highest BCUT2D eigenvalue weighted by Crippen LogP contribution is 2.11. The summed E-state index contributed by atoms with van der Waals surface area (Å²) in [6.07, 6.45) is 6.99. The minimum atomic E-state index is 0.0464. The molecule has 128 valence electrons. The number of nitrogens with zero attached hydrogens (tertiary/aromatic N) is 4. The molecule has 2 aromatic rings. The number of hydrogen-bond donors (Lipinski definition) is 1. The van der Waals surface area contributed by atoms with E-state index in [4.69, 9.17) is 0 Å². The number of rotatable bonds is 7. The topological polar surface area (TPSA) is 61.4 Å². The third kappa shape index (κ3) is 5.36. The van der Waals surface area contributed by atoms with Gasteiger partial charge in [-0.25, -0.2) is 4.98 Å². The lowest BCUT2D eigenvalue weighted by molar-refractivity contribution is -0.116. The number of carbonyl (C=O) groups excluding carboxylic acids is 1. The maximum absolute atomic E-state index is 11.9. The molecule has 2 aromatic heterocycles. The number of carbonyl (C=O) groups is 1. The molecule has 1 aliphatic heterocycles. The summed E-state index contributed by atoms with van der Waals surface area (Å²) in [5.41, 5.74) is 1.34. The lowest BCUT2D eigenvalue weighted by Gasteiger charge is -2.34. The van der Waals surface area contributed by atoms with Crippen LogP contribution in [-0.4, -0.2) is 64.9 Å². The van der Waals surface area contributed by atoms with E-state index in [0.717, 1.165) is 45.7 Å². The number of thiazole rings is 1. The Morgan fingerprint density at radius 2 is 1.79 bits per heavy atom. The van der Waals surface area contributed by atoms with Gasteiger partial charge in [-0.1, -0.05) is 0 Å². The van der Waals surface area contributed by atoms with Crippen molar-refractivity contribution in [1.29, 1.82) is 0 Å². The molecule has 3 heterocycles. The zero-order valence-electron chi connectivity index (χ0n) is 13.7. The number of piperazine rings is 1. The van der Waals surface area contributed by atoms with Crippen molar-refractivity contribution in [3.63, 3.8) is 0 Å². The summed E-state index contributed by atoms with van der Waals surface area (Å²) in [4.78, 5) is 24.9. The maximum Gasteiger partial charge on any atom is 0.227 e. The van der Waals surface area contributed by atoms with Crippen molar-refractivity contribution in [2.45, 2.75) is 12.8 Å². The molecule has 7 heteroatoms. The fraction of sp³-hybridized carbons (Fsp3) is 0.471. The highest BCUT2D eigenvalue weighted by atomic mass is 32.1. The zero-order valence-corrected chi connectivity index (χ0v) is 14.5. The second-order valence-corrected chi connectivity index (χ2v) is 6.82. The molecule has 0 atom stereocenters. The first kappa shape index (κ1) is 17.0. The lowest BCUT2D eigenvalue weighted by atomic mass is 10.2. The minimum Gasteiger partial charge on any atom is -0.302 e. The average Bonchev–Trinajstić information content (AvgIpc) is 3.13. The fourth-order valence-corrected chi connectivity index (χ4v) is 3.34. The Morgan fingerprint density at radius 3 is 2.46 bits per heavy atom. The summed E-state index contributed by atoms with van der Waals surface area (Å²) in [6.45, 7) is 6.10. The fourth-order valence-electron chi connectivity index (χ4n) is 2.80. The lowest BCUT2D eigenvalue weighted by Crippen LogP contribution is -2.47. The van der Waals surface area contributed by atoms with Crippen LogP contribution in [0.1, 0.15) is 12.0 Å². The van der Waals surface area contributed by atoms with Gasteiger partial charge >= 0.3 is 0 Å². The van der Waals surface area contributed by atoms with Crippen molar-refractivity contribution in [3.8, 4) is 0 Å². The molecule has 24 heavy (non-hydrogen) atoms. The Balaban J connectivity index is 1.31. The van der Waals surface area contributed by atoms with Crippen LogP contribution in [0.15, 0.2) is 36.1 Å². The van der Waals surface area contributed by atoms with E-state index < -0.39 is 0 Å². The van der Waals surface area contributed by atoms with Crippen molar-refractivity contribution in [2.24, 2.45) is 0 Å². The Bertz CT molecular complexity index is 611. The van der Waals surface area contributed by atoms with Gasteiger partial charge in [-0.15, -0.1) is 11.3 Å². The number of nitrogens with one attached hydrogen (secondary N) is 1. The van der Waals surface area contributed by atoms with E-state index in [-0.39, 0.29) is 5.91 Å². The minimum absolute atomic E-state index is 0.0464. The molecule has 1 aliphatic rings. The van der Waals surface area contributed by atoms with Gasteiger partial charge in [-0.05, 0) is 24.1 Å². The summed E-state index contributed by atoms with van der Waals surface area (Å²) >= 11 is 1.45. The predicted octanol–water partition coefficient (Wildman–Crippen LogP) is 1.73. The van der Waals surface area contributed by atoms with Gasteiger partial charge in [0.1, 0.15) is 0 Å². The third-order valence-corrected chi connectivity index (χ3v) is 4.95. The van der Waals surface area contributed by atoms with E-state index in [1.165, 1.54) is 16.9 Å². The van der Waals surface area contributed by atoms with Crippen LogP contribution in [0.25, 0.3) is 0 Å². The summed E-state index contributed by atoms with van der Waals surface area (Å²) in [5.74, 6) is 0.0464. The van der Waals surface area contributed by atoms with E-state index in [9.17, 15) is 4.79 Å². The van der Waals surface area contributed by atoms with Gasteiger partial charge in [0.2, 0.25) is 5.91 Å². The van der Waals surface area contributed by atoms with Crippen LogP contribution in [0.4, 0.5) is 5.13 Å². The standard InChI is InChI=1S/C17H23N5OS/c23-16(20-17-19-7-14-24-17)4-9-22-12-10-21(11-13-22)8-3-15-1-5-18-6-2-15/h1-2,5-7,14H,3-4,8-13H2,(H,19,20,23). The molecule has 0 saturated carbocycles. The molecule has 0 spiro atoms. The van der Waals surface area contributed by atoms with Crippen molar-refractivity contribution in [3.05, 3.63) is 41.7 Å². The molecule has 1 fully saturated rings.